The molecule has 5 nitrogen and oxygen atoms in total. The van der Waals surface area contributed by atoms with Crippen molar-refractivity contribution in [2.75, 3.05) is 7.11 Å². The summed E-state index contributed by atoms with van der Waals surface area (Å²) in [6.45, 7) is 0.361. The molecule has 16 heavy (non-hydrogen) atoms. The van der Waals surface area contributed by atoms with E-state index >= 15 is 0 Å². The second-order valence-electron chi connectivity index (χ2n) is 3.69. The first-order valence-electron chi connectivity index (χ1n) is 5.00. The quantitative estimate of drug-likeness (QED) is 0.556. The Hall–Kier alpha value is -1.91. The summed E-state index contributed by atoms with van der Waals surface area (Å²) in [5.74, 6) is -0.422. The van der Waals surface area contributed by atoms with Crippen LogP contribution < -0.4 is 0 Å². The molecule has 0 saturated heterocycles. The highest BCUT2D eigenvalue weighted by Gasteiger charge is 2.32. The molecule has 0 aliphatic carbocycles. The fourth-order valence-electron chi connectivity index (χ4n) is 1.94. The topological polar surface area (TPSA) is 59.0 Å². The minimum absolute atomic E-state index is 0.361. The lowest BCUT2D eigenvalue weighted by molar-refractivity contribution is -0.147. The van der Waals surface area contributed by atoms with Crippen molar-refractivity contribution >= 4 is 5.97 Å². The van der Waals surface area contributed by atoms with Gasteiger partial charge in [0, 0.05) is 6.42 Å². The molecular formula is C11H12N2O3. The fraction of sp³-hybridized carbons (Fsp3) is 0.364. The first-order valence-corrected chi connectivity index (χ1v) is 5.00. The van der Waals surface area contributed by atoms with Gasteiger partial charge in [0.25, 0.3) is 0 Å². The van der Waals surface area contributed by atoms with Crippen LogP contribution in [-0.2, 0) is 22.5 Å². The van der Waals surface area contributed by atoms with Gasteiger partial charge in [0.2, 0.25) is 0 Å². The van der Waals surface area contributed by atoms with Gasteiger partial charge in [-0.2, -0.15) is 0 Å². The molecule has 1 aliphatic heterocycles. The Morgan fingerprint density at radius 1 is 1.44 bits per heavy atom. The van der Waals surface area contributed by atoms with Crippen LogP contribution in [0.1, 0.15) is 11.1 Å². The first kappa shape index (κ1) is 10.6. The summed E-state index contributed by atoms with van der Waals surface area (Å²) in [5.41, 5.74) is 2.10. The Kier molecular flexibility index (Phi) is 2.85. The lowest BCUT2D eigenvalue weighted by Gasteiger charge is -2.30. The molecule has 1 heterocycles. The van der Waals surface area contributed by atoms with Gasteiger partial charge >= 0.3 is 5.97 Å². The Labute approximate surface area is 93.0 Å². The van der Waals surface area contributed by atoms with Gasteiger partial charge in [-0.1, -0.05) is 24.3 Å². The predicted molar refractivity (Wildman–Crippen MR) is 57.3 cm³/mol. The molecule has 84 valence electrons. The van der Waals surface area contributed by atoms with E-state index in [-0.39, 0.29) is 0 Å². The van der Waals surface area contributed by atoms with E-state index in [0.717, 1.165) is 11.1 Å². The third kappa shape index (κ3) is 1.76. The van der Waals surface area contributed by atoms with E-state index < -0.39 is 12.0 Å². The number of hydrogen-bond acceptors (Lipinski definition) is 4. The van der Waals surface area contributed by atoms with Crippen LogP contribution in [0.2, 0.25) is 0 Å². The summed E-state index contributed by atoms with van der Waals surface area (Å²) in [6, 6.07) is 7.10. The maximum Gasteiger partial charge on any atom is 0.330 e. The minimum Gasteiger partial charge on any atom is -0.467 e. The van der Waals surface area contributed by atoms with E-state index in [4.69, 9.17) is 0 Å². The number of benzene rings is 1. The Bertz CT molecular complexity index is 419. The van der Waals surface area contributed by atoms with Gasteiger partial charge < -0.3 is 4.74 Å². The highest BCUT2D eigenvalue weighted by atomic mass is 16.5. The predicted octanol–water partition coefficient (Wildman–Crippen LogP) is 1.27. The molecule has 0 aromatic heterocycles. The monoisotopic (exact) mass is 220 g/mol. The molecule has 5 heteroatoms. The molecule has 0 bridgehead atoms. The smallest absolute Gasteiger partial charge is 0.330 e. The number of ether oxygens (including phenoxy) is 1. The third-order valence-corrected chi connectivity index (χ3v) is 2.80. The highest BCUT2D eigenvalue weighted by molar-refractivity contribution is 5.76. The summed E-state index contributed by atoms with van der Waals surface area (Å²) >= 11 is 0. The van der Waals surface area contributed by atoms with Gasteiger partial charge in [0.1, 0.15) is 0 Å². The number of fused-ring (bicyclic) bond motifs is 1. The van der Waals surface area contributed by atoms with Crippen LogP contribution in [-0.4, -0.2) is 24.1 Å². The molecule has 2 rings (SSSR count). The lowest BCUT2D eigenvalue weighted by Crippen LogP contribution is -2.42. The SMILES string of the molecule is COC(=O)[C@@H]1Cc2ccccc2CN1N=O. The number of carbonyl (C=O) groups excluding carboxylic acids is 1. The molecule has 0 amide bonds. The number of hydrogen-bond donors (Lipinski definition) is 0. The zero-order valence-corrected chi connectivity index (χ0v) is 8.92. The van der Waals surface area contributed by atoms with Gasteiger partial charge in [0.15, 0.2) is 6.04 Å². The van der Waals surface area contributed by atoms with E-state index in [2.05, 4.69) is 10.0 Å². The zero-order chi connectivity index (χ0) is 11.5. The standard InChI is InChI=1S/C11H12N2O3/c1-16-11(14)10-6-8-4-2-3-5-9(8)7-13(10)12-15/h2-5,10H,6-7H2,1H3/t10-/m0/s1. The maximum atomic E-state index is 11.5. The Morgan fingerprint density at radius 3 is 2.75 bits per heavy atom. The molecule has 1 aromatic carbocycles. The van der Waals surface area contributed by atoms with Crippen LogP contribution in [0.4, 0.5) is 0 Å². The van der Waals surface area contributed by atoms with Gasteiger partial charge in [-0.3, -0.25) is 0 Å². The molecule has 1 aliphatic rings. The van der Waals surface area contributed by atoms with Crippen LogP contribution in [0, 0.1) is 4.91 Å². The molecule has 0 fully saturated rings. The highest BCUT2D eigenvalue weighted by Crippen LogP contribution is 2.23. The number of nitroso groups, excluding NO2 is 1. The van der Waals surface area contributed by atoms with Crippen molar-refractivity contribution < 1.29 is 9.53 Å². The Balaban J connectivity index is 2.30. The summed E-state index contributed by atoms with van der Waals surface area (Å²) < 4.78 is 4.66. The molecule has 0 saturated carbocycles. The van der Waals surface area contributed by atoms with Crippen molar-refractivity contribution in [2.24, 2.45) is 5.29 Å². The normalized spacial score (nSPS) is 18.8. The average molecular weight is 220 g/mol. The van der Waals surface area contributed by atoms with Gasteiger partial charge in [-0.15, -0.1) is 4.91 Å². The van der Waals surface area contributed by atoms with Gasteiger partial charge in [0.05, 0.1) is 18.9 Å². The second-order valence-corrected chi connectivity index (χ2v) is 3.69. The second kappa shape index (κ2) is 4.30. The molecule has 0 N–H and O–H groups in total. The van der Waals surface area contributed by atoms with Crippen molar-refractivity contribution in [3.05, 3.63) is 40.3 Å². The summed E-state index contributed by atoms with van der Waals surface area (Å²) in [5, 5.41) is 4.11. The average Bonchev–Trinajstić information content (AvgIpc) is 2.36. The van der Waals surface area contributed by atoms with Crippen LogP contribution in [0.15, 0.2) is 29.6 Å². The van der Waals surface area contributed by atoms with Gasteiger partial charge in [-0.05, 0) is 11.1 Å². The summed E-state index contributed by atoms with van der Waals surface area (Å²) in [7, 11) is 1.31. The van der Waals surface area contributed by atoms with E-state index in [1.165, 1.54) is 12.1 Å². The molecule has 0 unspecified atom stereocenters. The minimum atomic E-state index is -0.600. The summed E-state index contributed by atoms with van der Waals surface area (Å²) in [6.07, 6.45) is 0.467. The van der Waals surface area contributed by atoms with E-state index in [0.29, 0.717) is 13.0 Å². The van der Waals surface area contributed by atoms with Crippen molar-refractivity contribution in [3.8, 4) is 0 Å². The maximum absolute atomic E-state index is 11.5. The van der Waals surface area contributed by atoms with E-state index in [1.807, 2.05) is 24.3 Å². The van der Waals surface area contributed by atoms with E-state index in [1.54, 1.807) is 0 Å². The number of carbonyl (C=O) groups is 1. The van der Waals surface area contributed by atoms with Crippen molar-refractivity contribution in [1.82, 2.24) is 5.01 Å². The number of nitrogens with zero attached hydrogens (tertiary/aromatic N) is 2. The van der Waals surface area contributed by atoms with Gasteiger partial charge in [-0.25, -0.2) is 9.80 Å². The van der Waals surface area contributed by atoms with Crippen LogP contribution in [0.25, 0.3) is 0 Å². The first-order chi connectivity index (χ1) is 7.76. The van der Waals surface area contributed by atoms with Crippen LogP contribution >= 0.6 is 0 Å². The number of methoxy groups -OCH3 is 1. The molecule has 1 aromatic rings. The number of rotatable bonds is 2. The fourth-order valence-corrected chi connectivity index (χ4v) is 1.94. The van der Waals surface area contributed by atoms with Crippen LogP contribution in [0.3, 0.4) is 0 Å². The largest absolute Gasteiger partial charge is 0.467 e. The van der Waals surface area contributed by atoms with Crippen molar-refractivity contribution in [2.45, 2.75) is 19.0 Å². The Morgan fingerprint density at radius 2 is 2.12 bits per heavy atom. The van der Waals surface area contributed by atoms with Crippen LogP contribution in [0.5, 0.6) is 0 Å². The van der Waals surface area contributed by atoms with E-state index in [9.17, 15) is 9.70 Å². The zero-order valence-electron chi connectivity index (χ0n) is 8.92. The number of esters is 1. The lowest BCUT2D eigenvalue weighted by atomic mass is 9.95. The summed E-state index contributed by atoms with van der Waals surface area (Å²) in [4.78, 5) is 22.2. The molecule has 0 radical (unpaired) electrons. The molecular weight excluding hydrogens is 208 g/mol. The molecule has 1 atom stereocenters. The van der Waals surface area contributed by atoms with Crippen molar-refractivity contribution in [3.63, 3.8) is 0 Å². The van der Waals surface area contributed by atoms with Crippen molar-refractivity contribution in [1.29, 1.82) is 0 Å². The molecule has 0 spiro atoms. The third-order valence-electron chi connectivity index (χ3n) is 2.80.